The van der Waals surface area contributed by atoms with Gasteiger partial charge in [0.05, 0.1) is 0 Å². The number of likely N-dealkylation sites (tertiary alicyclic amines) is 1. The second kappa shape index (κ2) is 5.19. The fourth-order valence-corrected chi connectivity index (χ4v) is 2.33. The van der Waals surface area contributed by atoms with Crippen molar-refractivity contribution in [1.82, 2.24) is 4.90 Å². The van der Waals surface area contributed by atoms with Gasteiger partial charge in [-0.15, -0.1) is 0 Å². The Bertz CT molecular complexity index is 388. The summed E-state index contributed by atoms with van der Waals surface area (Å²) < 4.78 is 0. The van der Waals surface area contributed by atoms with Crippen molar-refractivity contribution in [2.45, 2.75) is 19.4 Å². The summed E-state index contributed by atoms with van der Waals surface area (Å²) in [7, 11) is 0. The number of carbonyl (C=O) groups is 1. The van der Waals surface area contributed by atoms with Crippen LogP contribution in [0.25, 0.3) is 0 Å². The summed E-state index contributed by atoms with van der Waals surface area (Å²) >= 11 is 0. The maximum atomic E-state index is 10.6. The topological polar surface area (TPSA) is 60.8 Å². The van der Waals surface area contributed by atoms with Gasteiger partial charge in [0.2, 0.25) is 0 Å². The van der Waals surface area contributed by atoms with Crippen LogP contribution in [0, 0.1) is 5.92 Å². The van der Waals surface area contributed by atoms with Gasteiger partial charge in [-0.2, -0.15) is 0 Å². The molecule has 1 heterocycles. The van der Waals surface area contributed by atoms with Crippen LogP contribution < -0.4 is 0 Å². The lowest BCUT2D eigenvalue weighted by Gasteiger charge is -2.15. The Morgan fingerprint density at radius 2 is 2.06 bits per heavy atom. The molecule has 0 saturated carbocycles. The van der Waals surface area contributed by atoms with Crippen LogP contribution in [0.4, 0.5) is 0 Å². The van der Waals surface area contributed by atoms with Gasteiger partial charge >= 0.3 is 5.97 Å². The number of rotatable bonds is 4. The zero-order chi connectivity index (χ0) is 12.3. The van der Waals surface area contributed by atoms with E-state index in [1.54, 1.807) is 12.1 Å². The molecule has 0 spiro atoms. The fourth-order valence-electron chi connectivity index (χ4n) is 2.33. The molecule has 4 nitrogen and oxygen atoms in total. The maximum absolute atomic E-state index is 10.6. The van der Waals surface area contributed by atoms with Crippen LogP contribution >= 0.6 is 0 Å². The third-order valence-electron chi connectivity index (χ3n) is 3.18. The first-order chi connectivity index (χ1) is 8.13. The van der Waals surface area contributed by atoms with Crippen molar-refractivity contribution >= 4 is 5.97 Å². The summed E-state index contributed by atoms with van der Waals surface area (Å²) in [6.45, 7) is 2.64. The Labute approximate surface area is 100 Å². The Hall–Kier alpha value is -1.55. The molecule has 92 valence electrons. The molecule has 0 radical (unpaired) electrons. The van der Waals surface area contributed by atoms with E-state index in [9.17, 15) is 9.90 Å². The molecule has 2 N–H and O–H groups in total. The van der Waals surface area contributed by atoms with E-state index in [0.717, 1.165) is 31.6 Å². The standard InChI is InChI=1S/C13H17NO3/c15-12-3-1-10(2-4-12)8-14-6-5-11(9-14)7-13(16)17/h1-4,11,15H,5-9H2,(H,16,17). The predicted molar refractivity (Wildman–Crippen MR) is 63.7 cm³/mol. The van der Waals surface area contributed by atoms with Gasteiger partial charge in [-0.25, -0.2) is 0 Å². The fraction of sp³-hybridized carbons (Fsp3) is 0.462. The van der Waals surface area contributed by atoms with Crippen molar-refractivity contribution in [2.24, 2.45) is 5.92 Å². The zero-order valence-corrected chi connectivity index (χ0v) is 9.67. The predicted octanol–water partition coefficient (Wildman–Crippen LogP) is 1.69. The zero-order valence-electron chi connectivity index (χ0n) is 9.67. The summed E-state index contributed by atoms with van der Waals surface area (Å²) in [6.07, 6.45) is 1.23. The van der Waals surface area contributed by atoms with Crippen molar-refractivity contribution in [1.29, 1.82) is 0 Å². The Kier molecular flexibility index (Phi) is 3.64. The highest BCUT2D eigenvalue weighted by atomic mass is 16.4. The number of aromatic hydroxyl groups is 1. The van der Waals surface area contributed by atoms with E-state index in [-0.39, 0.29) is 18.1 Å². The van der Waals surface area contributed by atoms with E-state index in [2.05, 4.69) is 4.90 Å². The minimum absolute atomic E-state index is 0.270. The molecular weight excluding hydrogens is 218 g/mol. The van der Waals surface area contributed by atoms with Crippen LogP contribution in [-0.4, -0.2) is 34.2 Å². The third-order valence-corrected chi connectivity index (χ3v) is 3.18. The number of carboxylic acid groups (broad SMARTS) is 1. The number of aliphatic carboxylic acids is 1. The van der Waals surface area contributed by atoms with Crippen LogP contribution in [0.2, 0.25) is 0 Å². The van der Waals surface area contributed by atoms with Crippen molar-refractivity contribution in [3.8, 4) is 5.75 Å². The van der Waals surface area contributed by atoms with E-state index < -0.39 is 5.97 Å². The van der Waals surface area contributed by atoms with E-state index in [0.29, 0.717) is 0 Å². The maximum Gasteiger partial charge on any atom is 0.303 e. The summed E-state index contributed by atoms with van der Waals surface area (Å²) in [5.41, 5.74) is 1.15. The highest BCUT2D eigenvalue weighted by molar-refractivity contribution is 5.67. The van der Waals surface area contributed by atoms with Crippen molar-refractivity contribution in [2.75, 3.05) is 13.1 Å². The molecule has 1 atom stereocenters. The normalized spacial score (nSPS) is 20.6. The molecule has 1 aliphatic rings. The lowest BCUT2D eigenvalue weighted by Crippen LogP contribution is -2.20. The van der Waals surface area contributed by atoms with Gasteiger partial charge in [0, 0.05) is 19.5 Å². The molecular formula is C13H17NO3. The second-order valence-electron chi connectivity index (χ2n) is 4.65. The monoisotopic (exact) mass is 235 g/mol. The van der Waals surface area contributed by atoms with Crippen molar-refractivity contribution < 1.29 is 15.0 Å². The highest BCUT2D eigenvalue weighted by Gasteiger charge is 2.24. The Balaban J connectivity index is 1.85. The summed E-state index contributed by atoms with van der Waals surface area (Å²) in [6, 6.07) is 7.17. The molecule has 2 rings (SSSR count). The molecule has 1 unspecified atom stereocenters. The number of hydrogen-bond donors (Lipinski definition) is 2. The average Bonchev–Trinajstić information content (AvgIpc) is 2.68. The smallest absolute Gasteiger partial charge is 0.303 e. The van der Waals surface area contributed by atoms with E-state index >= 15 is 0 Å². The Morgan fingerprint density at radius 1 is 1.35 bits per heavy atom. The highest BCUT2D eigenvalue weighted by Crippen LogP contribution is 2.21. The average molecular weight is 235 g/mol. The van der Waals surface area contributed by atoms with Gasteiger partial charge in [0.15, 0.2) is 0 Å². The lowest BCUT2D eigenvalue weighted by molar-refractivity contribution is -0.138. The lowest BCUT2D eigenvalue weighted by atomic mass is 10.1. The van der Waals surface area contributed by atoms with E-state index in [1.807, 2.05) is 12.1 Å². The number of phenolic OH excluding ortho intramolecular Hbond substituents is 1. The minimum Gasteiger partial charge on any atom is -0.508 e. The minimum atomic E-state index is -0.707. The van der Waals surface area contributed by atoms with E-state index in [4.69, 9.17) is 5.11 Å². The molecule has 1 aromatic rings. The first kappa shape index (κ1) is 11.9. The van der Waals surface area contributed by atoms with Gasteiger partial charge < -0.3 is 10.2 Å². The number of phenols is 1. The van der Waals surface area contributed by atoms with Crippen LogP contribution in [0.1, 0.15) is 18.4 Å². The van der Waals surface area contributed by atoms with Crippen LogP contribution in [0.5, 0.6) is 5.75 Å². The van der Waals surface area contributed by atoms with Gasteiger partial charge in [-0.05, 0) is 36.6 Å². The SMILES string of the molecule is O=C(O)CC1CCN(Cc2ccc(O)cc2)C1. The molecule has 1 fully saturated rings. The van der Waals surface area contributed by atoms with Gasteiger partial charge in [0.1, 0.15) is 5.75 Å². The summed E-state index contributed by atoms with van der Waals surface area (Å²) in [5.74, 6) is -0.148. The molecule has 4 heteroatoms. The van der Waals surface area contributed by atoms with Gasteiger partial charge in [-0.1, -0.05) is 12.1 Å². The van der Waals surface area contributed by atoms with Crippen LogP contribution in [0.3, 0.4) is 0 Å². The molecule has 0 bridgehead atoms. The van der Waals surface area contributed by atoms with Crippen molar-refractivity contribution in [3.63, 3.8) is 0 Å². The Morgan fingerprint density at radius 3 is 2.71 bits per heavy atom. The molecule has 0 aliphatic carbocycles. The summed E-state index contributed by atoms with van der Waals surface area (Å²) in [4.78, 5) is 12.9. The quantitative estimate of drug-likeness (QED) is 0.833. The molecule has 1 aliphatic heterocycles. The molecule has 0 amide bonds. The van der Waals surface area contributed by atoms with Gasteiger partial charge in [-0.3, -0.25) is 9.69 Å². The second-order valence-corrected chi connectivity index (χ2v) is 4.65. The summed E-state index contributed by atoms with van der Waals surface area (Å²) in [5, 5.41) is 17.9. The molecule has 17 heavy (non-hydrogen) atoms. The molecule has 1 saturated heterocycles. The number of benzene rings is 1. The number of carboxylic acids is 1. The van der Waals surface area contributed by atoms with Crippen molar-refractivity contribution in [3.05, 3.63) is 29.8 Å². The molecule has 1 aromatic carbocycles. The molecule has 0 aromatic heterocycles. The van der Waals surface area contributed by atoms with E-state index in [1.165, 1.54) is 0 Å². The van der Waals surface area contributed by atoms with Crippen LogP contribution in [0.15, 0.2) is 24.3 Å². The van der Waals surface area contributed by atoms with Gasteiger partial charge in [0.25, 0.3) is 0 Å². The number of hydrogen-bond acceptors (Lipinski definition) is 3. The first-order valence-electron chi connectivity index (χ1n) is 5.85. The third kappa shape index (κ3) is 3.46. The largest absolute Gasteiger partial charge is 0.508 e. The van der Waals surface area contributed by atoms with Crippen LogP contribution in [-0.2, 0) is 11.3 Å². The number of nitrogens with zero attached hydrogens (tertiary/aromatic N) is 1. The first-order valence-corrected chi connectivity index (χ1v) is 5.85.